The van der Waals surface area contributed by atoms with Gasteiger partial charge in [0.15, 0.2) is 0 Å². The van der Waals surface area contributed by atoms with Gasteiger partial charge in [-0.1, -0.05) is 6.07 Å². The zero-order valence-electron chi connectivity index (χ0n) is 9.65. The Labute approximate surface area is 99.5 Å². The molecule has 1 N–H and O–H groups in total. The standard InChI is InChI=1S/C13H12N2O2/c1-13(2)10-8-9(4-3-7-14)5-6-11(10)15-12(16)17-13/h3-6,8H,1-2H3,(H,15,16). The summed E-state index contributed by atoms with van der Waals surface area (Å²) in [5.41, 5.74) is 1.89. The fraction of sp³-hybridized carbons (Fsp3) is 0.231. The molecule has 17 heavy (non-hydrogen) atoms. The van der Waals surface area contributed by atoms with Gasteiger partial charge in [-0.2, -0.15) is 5.26 Å². The number of hydrogen-bond acceptors (Lipinski definition) is 3. The van der Waals surface area contributed by atoms with Crippen LogP contribution in [0.5, 0.6) is 0 Å². The molecule has 4 nitrogen and oxygen atoms in total. The van der Waals surface area contributed by atoms with Gasteiger partial charge in [0.05, 0.1) is 11.8 Å². The molecule has 86 valence electrons. The molecule has 0 fully saturated rings. The smallest absolute Gasteiger partial charge is 0.412 e. The molecule has 0 bridgehead atoms. The molecule has 0 aliphatic carbocycles. The number of allylic oxidation sites excluding steroid dienone is 1. The Morgan fingerprint density at radius 2 is 2.24 bits per heavy atom. The minimum atomic E-state index is -0.659. The van der Waals surface area contributed by atoms with E-state index in [9.17, 15) is 4.79 Å². The molecule has 1 heterocycles. The molecule has 0 saturated carbocycles. The number of nitrogens with one attached hydrogen (secondary N) is 1. The number of carbonyl (C=O) groups is 1. The van der Waals surface area contributed by atoms with Gasteiger partial charge in [0.25, 0.3) is 0 Å². The molecule has 1 aliphatic rings. The average Bonchev–Trinajstić information content (AvgIpc) is 2.25. The maximum absolute atomic E-state index is 11.3. The third kappa shape index (κ3) is 2.13. The normalized spacial score (nSPS) is 16.9. The van der Waals surface area contributed by atoms with Gasteiger partial charge < -0.3 is 4.74 Å². The number of carbonyl (C=O) groups excluding carboxylic acids is 1. The van der Waals surface area contributed by atoms with E-state index in [4.69, 9.17) is 10.00 Å². The highest BCUT2D eigenvalue weighted by Crippen LogP contribution is 2.36. The number of benzene rings is 1. The highest BCUT2D eigenvalue weighted by atomic mass is 16.6. The topological polar surface area (TPSA) is 62.1 Å². The minimum absolute atomic E-state index is 0.442. The molecule has 1 aromatic carbocycles. The Morgan fingerprint density at radius 1 is 1.47 bits per heavy atom. The number of nitrogens with zero attached hydrogens (tertiary/aromatic N) is 1. The summed E-state index contributed by atoms with van der Waals surface area (Å²) in [6.07, 6.45) is 2.69. The quantitative estimate of drug-likeness (QED) is 0.751. The molecule has 0 unspecified atom stereocenters. The van der Waals surface area contributed by atoms with Crippen molar-refractivity contribution in [2.24, 2.45) is 0 Å². The number of amides is 1. The van der Waals surface area contributed by atoms with Crippen LogP contribution >= 0.6 is 0 Å². The van der Waals surface area contributed by atoms with Crippen LogP contribution in [0, 0.1) is 11.3 Å². The zero-order valence-corrected chi connectivity index (χ0v) is 9.65. The minimum Gasteiger partial charge on any atom is -0.438 e. The molecule has 0 atom stereocenters. The molecule has 1 aliphatic heterocycles. The van der Waals surface area contributed by atoms with Gasteiger partial charge >= 0.3 is 6.09 Å². The van der Waals surface area contributed by atoms with Crippen LogP contribution in [0.1, 0.15) is 25.0 Å². The van der Waals surface area contributed by atoms with Crippen LogP contribution in [-0.2, 0) is 10.3 Å². The van der Waals surface area contributed by atoms with Gasteiger partial charge in [-0.25, -0.2) is 4.79 Å². The van der Waals surface area contributed by atoms with Crippen LogP contribution in [0.3, 0.4) is 0 Å². The molecular weight excluding hydrogens is 216 g/mol. The number of rotatable bonds is 1. The van der Waals surface area contributed by atoms with E-state index in [1.54, 1.807) is 6.08 Å². The fourth-order valence-corrected chi connectivity index (χ4v) is 1.83. The molecule has 0 spiro atoms. The van der Waals surface area contributed by atoms with Crippen molar-refractivity contribution in [1.82, 2.24) is 0 Å². The third-order valence-corrected chi connectivity index (χ3v) is 2.63. The van der Waals surface area contributed by atoms with Crippen LogP contribution in [0.4, 0.5) is 10.5 Å². The largest absolute Gasteiger partial charge is 0.438 e. The Morgan fingerprint density at radius 3 is 2.94 bits per heavy atom. The molecule has 0 radical (unpaired) electrons. The van der Waals surface area contributed by atoms with Gasteiger partial charge in [0.1, 0.15) is 5.60 Å². The van der Waals surface area contributed by atoms with Crippen molar-refractivity contribution in [1.29, 1.82) is 5.26 Å². The fourth-order valence-electron chi connectivity index (χ4n) is 1.83. The monoisotopic (exact) mass is 228 g/mol. The maximum Gasteiger partial charge on any atom is 0.412 e. The van der Waals surface area contributed by atoms with Gasteiger partial charge in [0.2, 0.25) is 0 Å². The third-order valence-electron chi connectivity index (χ3n) is 2.63. The maximum atomic E-state index is 11.3. The second-order valence-corrected chi connectivity index (χ2v) is 4.29. The van der Waals surface area contributed by atoms with Gasteiger partial charge in [-0.05, 0) is 37.6 Å². The lowest BCUT2D eigenvalue weighted by Crippen LogP contribution is -2.34. The van der Waals surface area contributed by atoms with Crippen molar-refractivity contribution >= 4 is 17.9 Å². The summed E-state index contributed by atoms with van der Waals surface area (Å²) < 4.78 is 5.22. The molecule has 1 amide bonds. The second kappa shape index (κ2) is 3.95. The lowest BCUT2D eigenvalue weighted by molar-refractivity contribution is 0.0420. The number of hydrogen-bond donors (Lipinski definition) is 1. The predicted octanol–water partition coefficient (Wildman–Crippen LogP) is 3.02. The number of anilines is 1. The van der Waals surface area contributed by atoms with E-state index in [0.717, 1.165) is 16.8 Å². The second-order valence-electron chi connectivity index (χ2n) is 4.29. The summed E-state index contributed by atoms with van der Waals surface area (Å²) >= 11 is 0. The number of cyclic esters (lactones) is 1. The van der Waals surface area contributed by atoms with E-state index >= 15 is 0 Å². The summed E-state index contributed by atoms with van der Waals surface area (Å²) in [7, 11) is 0. The van der Waals surface area contributed by atoms with E-state index in [0.29, 0.717) is 0 Å². The van der Waals surface area contributed by atoms with Gasteiger partial charge in [-0.15, -0.1) is 0 Å². The van der Waals surface area contributed by atoms with Crippen LogP contribution in [0.25, 0.3) is 6.08 Å². The Bertz CT molecular complexity index is 539. The first-order chi connectivity index (χ1) is 8.03. The summed E-state index contributed by atoms with van der Waals surface area (Å²) in [4.78, 5) is 11.3. The molecule has 0 aromatic heterocycles. The van der Waals surface area contributed by atoms with Crippen molar-refractivity contribution in [3.05, 3.63) is 35.4 Å². The summed E-state index contributed by atoms with van der Waals surface area (Å²) in [5.74, 6) is 0. The molecule has 2 rings (SSSR count). The van der Waals surface area contributed by atoms with Crippen LogP contribution < -0.4 is 5.32 Å². The molecule has 4 heteroatoms. The predicted molar refractivity (Wildman–Crippen MR) is 64.2 cm³/mol. The van der Waals surface area contributed by atoms with Crippen molar-refractivity contribution in [3.63, 3.8) is 0 Å². The van der Waals surface area contributed by atoms with Crippen molar-refractivity contribution < 1.29 is 9.53 Å². The first-order valence-corrected chi connectivity index (χ1v) is 5.23. The SMILES string of the molecule is CC1(C)OC(=O)Nc2ccc(C=CC#N)cc21. The van der Waals surface area contributed by atoms with E-state index in [1.807, 2.05) is 38.1 Å². The lowest BCUT2D eigenvalue weighted by Gasteiger charge is -2.32. The van der Waals surface area contributed by atoms with Crippen molar-refractivity contribution in [2.75, 3.05) is 5.32 Å². The van der Waals surface area contributed by atoms with Crippen molar-refractivity contribution in [3.8, 4) is 6.07 Å². The van der Waals surface area contributed by atoms with Crippen LogP contribution in [-0.4, -0.2) is 6.09 Å². The lowest BCUT2D eigenvalue weighted by atomic mass is 9.93. The summed E-state index contributed by atoms with van der Waals surface area (Å²) in [6.45, 7) is 3.67. The average molecular weight is 228 g/mol. The van der Waals surface area contributed by atoms with E-state index in [2.05, 4.69) is 5.32 Å². The van der Waals surface area contributed by atoms with E-state index in [1.165, 1.54) is 6.08 Å². The highest BCUT2D eigenvalue weighted by Gasteiger charge is 2.33. The van der Waals surface area contributed by atoms with E-state index < -0.39 is 11.7 Å². The Kier molecular flexibility index (Phi) is 2.60. The Balaban J connectivity index is 2.48. The number of ether oxygens (including phenoxy) is 1. The van der Waals surface area contributed by atoms with E-state index in [-0.39, 0.29) is 0 Å². The number of nitriles is 1. The molecular formula is C13H12N2O2. The van der Waals surface area contributed by atoms with Gasteiger partial charge in [-0.3, -0.25) is 5.32 Å². The molecule has 1 aromatic rings. The first kappa shape index (κ1) is 11.2. The molecule has 0 saturated heterocycles. The zero-order chi connectivity index (χ0) is 12.5. The Hall–Kier alpha value is -2.28. The summed E-state index contributed by atoms with van der Waals surface area (Å²) in [5, 5.41) is 11.1. The van der Waals surface area contributed by atoms with Gasteiger partial charge in [0, 0.05) is 11.6 Å². The van der Waals surface area contributed by atoms with Crippen LogP contribution in [0.2, 0.25) is 0 Å². The summed E-state index contributed by atoms with van der Waals surface area (Å²) in [6, 6.07) is 7.50. The van der Waals surface area contributed by atoms with Crippen molar-refractivity contribution in [2.45, 2.75) is 19.4 Å². The highest BCUT2D eigenvalue weighted by molar-refractivity contribution is 5.89. The number of fused-ring (bicyclic) bond motifs is 1. The van der Waals surface area contributed by atoms with Crippen LogP contribution in [0.15, 0.2) is 24.3 Å². The first-order valence-electron chi connectivity index (χ1n) is 5.23.